The minimum atomic E-state index is 0.741. The quantitative estimate of drug-likeness (QED) is 0.222. The molecule has 8 rings (SSSR count). The smallest absolute Gasteiger partial charge is 0.160 e. The fourth-order valence-corrected chi connectivity index (χ4v) is 6.84. The van der Waals surface area contributed by atoms with Crippen LogP contribution in [-0.2, 0) is 0 Å². The molecule has 8 aromatic rings. The first kappa shape index (κ1) is 23.7. The maximum atomic E-state index is 5.27. The van der Waals surface area contributed by atoms with Gasteiger partial charge < -0.3 is 0 Å². The predicted molar refractivity (Wildman–Crippen MR) is 174 cm³/mol. The molecule has 0 saturated carbocycles. The Morgan fingerprint density at radius 2 is 1.02 bits per heavy atom. The summed E-state index contributed by atoms with van der Waals surface area (Å²) in [5, 5.41) is 3.66. The van der Waals surface area contributed by atoms with Crippen LogP contribution in [0.15, 0.2) is 146 Å². The minimum absolute atomic E-state index is 0.741. The summed E-state index contributed by atoms with van der Waals surface area (Å²) < 4.78 is 2.35. The van der Waals surface area contributed by atoms with Crippen molar-refractivity contribution in [2.45, 2.75) is 0 Å². The Bertz CT molecular complexity index is 2200. The first-order valence-electron chi connectivity index (χ1n) is 13.8. The summed E-state index contributed by atoms with van der Waals surface area (Å²) in [6.07, 6.45) is 0. The van der Waals surface area contributed by atoms with Gasteiger partial charge in [0.1, 0.15) is 0 Å². The van der Waals surface area contributed by atoms with Gasteiger partial charge in [0.25, 0.3) is 0 Å². The van der Waals surface area contributed by atoms with Gasteiger partial charge in [-0.1, -0.05) is 127 Å². The zero-order valence-electron chi connectivity index (χ0n) is 22.2. The molecular weight excluding hydrogens is 516 g/mol. The van der Waals surface area contributed by atoms with Gasteiger partial charge in [-0.05, 0) is 51.2 Å². The van der Waals surface area contributed by atoms with Crippen molar-refractivity contribution in [2.24, 2.45) is 0 Å². The van der Waals surface area contributed by atoms with Gasteiger partial charge in [0.15, 0.2) is 5.82 Å². The molecule has 0 amide bonds. The largest absolute Gasteiger partial charge is 0.226 e. The monoisotopic (exact) mass is 540 g/mol. The molecular formula is C38H24N2S. The third kappa shape index (κ3) is 4.19. The van der Waals surface area contributed by atoms with Crippen molar-refractivity contribution in [3.8, 4) is 44.9 Å². The fraction of sp³-hybridized carbons (Fsp3) is 0. The highest BCUT2D eigenvalue weighted by atomic mass is 32.1. The zero-order valence-corrected chi connectivity index (χ0v) is 23.0. The van der Waals surface area contributed by atoms with Crippen molar-refractivity contribution in [2.75, 3.05) is 0 Å². The van der Waals surface area contributed by atoms with Crippen LogP contribution in [-0.4, -0.2) is 9.97 Å². The third-order valence-electron chi connectivity index (χ3n) is 7.68. The second-order valence-electron chi connectivity index (χ2n) is 10.2. The summed E-state index contributed by atoms with van der Waals surface area (Å²) in [4.78, 5) is 10.5. The normalized spacial score (nSPS) is 11.4. The summed E-state index contributed by atoms with van der Waals surface area (Å²) in [6.45, 7) is 0. The molecule has 192 valence electrons. The summed E-state index contributed by atoms with van der Waals surface area (Å²) in [5.74, 6) is 0.741. The minimum Gasteiger partial charge on any atom is -0.226 e. The lowest BCUT2D eigenvalue weighted by atomic mass is 9.98. The van der Waals surface area contributed by atoms with E-state index < -0.39 is 0 Å². The Balaban J connectivity index is 1.34. The second-order valence-corrected chi connectivity index (χ2v) is 11.3. The van der Waals surface area contributed by atoms with E-state index >= 15 is 0 Å². The maximum absolute atomic E-state index is 5.27. The van der Waals surface area contributed by atoms with Gasteiger partial charge >= 0.3 is 0 Å². The molecule has 2 aromatic heterocycles. The zero-order chi connectivity index (χ0) is 27.2. The lowest BCUT2D eigenvalue weighted by molar-refractivity contribution is 1.24. The van der Waals surface area contributed by atoms with Crippen molar-refractivity contribution in [1.82, 2.24) is 9.97 Å². The topological polar surface area (TPSA) is 25.8 Å². The molecule has 3 heteroatoms. The number of thiophene rings is 1. The lowest BCUT2D eigenvalue weighted by Gasteiger charge is -2.10. The Kier molecular flexibility index (Phi) is 5.68. The Hall–Kier alpha value is -5.12. The van der Waals surface area contributed by atoms with Gasteiger partial charge in [-0.15, -0.1) is 11.3 Å². The summed E-state index contributed by atoms with van der Waals surface area (Å²) in [5.41, 5.74) is 8.83. The van der Waals surface area contributed by atoms with Crippen LogP contribution in [0.4, 0.5) is 0 Å². The Morgan fingerprint density at radius 3 is 1.78 bits per heavy atom. The van der Waals surface area contributed by atoms with Crippen molar-refractivity contribution >= 4 is 42.4 Å². The molecule has 0 atom stereocenters. The molecule has 2 heterocycles. The molecule has 0 aliphatic heterocycles. The highest BCUT2D eigenvalue weighted by Gasteiger charge is 2.18. The van der Waals surface area contributed by atoms with Crippen molar-refractivity contribution < 1.29 is 0 Å². The average Bonchev–Trinajstić information content (AvgIpc) is 3.44. The molecule has 0 spiro atoms. The molecule has 0 aliphatic rings. The van der Waals surface area contributed by atoms with Crippen molar-refractivity contribution in [1.29, 1.82) is 0 Å². The number of benzene rings is 6. The molecule has 6 aromatic carbocycles. The molecule has 0 radical (unpaired) electrons. The van der Waals surface area contributed by atoms with Crippen LogP contribution < -0.4 is 0 Å². The number of nitrogens with zero attached hydrogens (tertiary/aromatic N) is 2. The maximum Gasteiger partial charge on any atom is 0.160 e. The van der Waals surface area contributed by atoms with E-state index in [1.807, 2.05) is 6.07 Å². The summed E-state index contributed by atoms with van der Waals surface area (Å²) in [6, 6.07) is 51.3. The van der Waals surface area contributed by atoms with E-state index in [1.165, 1.54) is 37.5 Å². The van der Waals surface area contributed by atoms with Crippen LogP contribution in [0.25, 0.3) is 76.0 Å². The first-order chi connectivity index (χ1) is 20.3. The molecule has 0 saturated heterocycles. The molecule has 0 bridgehead atoms. The number of rotatable bonds is 4. The average molecular weight is 541 g/mol. The molecule has 0 N–H and O–H groups in total. The van der Waals surface area contributed by atoms with Crippen LogP contribution in [0, 0.1) is 0 Å². The van der Waals surface area contributed by atoms with E-state index in [0.29, 0.717) is 0 Å². The van der Waals surface area contributed by atoms with Gasteiger partial charge in [0.05, 0.1) is 15.9 Å². The fourth-order valence-electron chi connectivity index (χ4n) is 5.67. The summed E-state index contributed by atoms with van der Waals surface area (Å²) >= 11 is 1.78. The Morgan fingerprint density at radius 1 is 0.439 bits per heavy atom. The Labute approximate surface area is 242 Å². The molecule has 0 unspecified atom stereocenters. The van der Waals surface area contributed by atoms with Crippen molar-refractivity contribution in [3.63, 3.8) is 0 Å². The molecule has 41 heavy (non-hydrogen) atoms. The highest BCUT2D eigenvalue weighted by molar-refractivity contribution is 7.26. The van der Waals surface area contributed by atoms with Crippen molar-refractivity contribution in [3.05, 3.63) is 146 Å². The number of fused-ring (bicyclic) bond motifs is 5. The first-order valence-corrected chi connectivity index (χ1v) is 14.6. The molecule has 0 fully saturated rings. The van der Waals surface area contributed by atoms with E-state index in [-0.39, 0.29) is 0 Å². The lowest BCUT2D eigenvalue weighted by Crippen LogP contribution is -1.94. The van der Waals surface area contributed by atoms with E-state index in [0.717, 1.165) is 38.4 Å². The number of aromatic nitrogens is 2. The van der Waals surface area contributed by atoms with E-state index in [1.54, 1.807) is 11.3 Å². The van der Waals surface area contributed by atoms with E-state index in [2.05, 4.69) is 140 Å². The number of hydrogen-bond donors (Lipinski definition) is 0. The predicted octanol–water partition coefficient (Wildman–Crippen LogP) is 10.7. The van der Waals surface area contributed by atoms with E-state index in [9.17, 15) is 0 Å². The van der Waals surface area contributed by atoms with Crippen LogP contribution >= 0.6 is 11.3 Å². The van der Waals surface area contributed by atoms with E-state index in [4.69, 9.17) is 9.97 Å². The SMILES string of the molecule is c1ccc(-c2cccc(-c3cccc(-c4nc(-c5ccccc5)c5sc6ccc7ccccc7c6c5n4)c3)c2)cc1. The second kappa shape index (κ2) is 9.81. The van der Waals surface area contributed by atoms with Crippen LogP contribution in [0.5, 0.6) is 0 Å². The van der Waals surface area contributed by atoms with Crippen LogP contribution in [0.3, 0.4) is 0 Å². The van der Waals surface area contributed by atoms with Gasteiger partial charge in [0.2, 0.25) is 0 Å². The summed E-state index contributed by atoms with van der Waals surface area (Å²) in [7, 11) is 0. The third-order valence-corrected chi connectivity index (χ3v) is 8.83. The molecule has 0 aliphatic carbocycles. The molecule has 2 nitrogen and oxygen atoms in total. The van der Waals surface area contributed by atoms with Gasteiger partial charge in [-0.3, -0.25) is 0 Å². The van der Waals surface area contributed by atoms with Gasteiger partial charge in [-0.25, -0.2) is 9.97 Å². The number of hydrogen-bond acceptors (Lipinski definition) is 3. The van der Waals surface area contributed by atoms with Gasteiger partial charge in [-0.2, -0.15) is 0 Å². The van der Waals surface area contributed by atoms with Crippen LogP contribution in [0.1, 0.15) is 0 Å². The standard InChI is InChI=1S/C38H24N2S/c1-3-11-25(12-4-1)28-16-9-17-29(23-28)30-18-10-19-31(24-30)38-39-35(27-14-5-2-6-15-27)37-36(40-38)34-32-20-8-7-13-26(32)21-22-33(34)41-37/h1-24H. The highest BCUT2D eigenvalue weighted by Crippen LogP contribution is 2.42. The van der Waals surface area contributed by atoms with Crippen LogP contribution in [0.2, 0.25) is 0 Å². The van der Waals surface area contributed by atoms with Gasteiger partial charge in [0, 0.05) is 21.2 Å².